The Labute approximate surface area is 137 Å². The molecule has 1 aliphatic rings. The third-order valence-corrected chi connectivity index (χ3v) is 7.97. The molecular weight excluding hydrogens is 384 g/mol. The molecule has 0 spiro atoms. The van der Waals surface area contributed by atoms with Gasteiger partial charge in [-0.05, 0) is 48.9 Å². The van der Waals surface area contributed by atoms with E-state index in [2.05, 4.69) is 15.9 Å². The first kappa shape index (κ1) is 16.7. The topological polar surface area (TPSA) is 40.6 Å². The highest BCUT2D eigenvalue weighted by Gasteiger charge is 2.37. The Balaban J connectivity index is 2.31. The smallest absolute Gasteiger partial charge is 0.245 e. The SMILES string of the molecule is CN(C)CC1CCCN1S(=O)(=O)c1cc(CCl)sc1Br. The Morgan fingerprint density at radius 1 is 1.55 bits per heavy atom. The molecule has 2 rings (SSSR count). The van der Waals surface area contributed by atoms with E-state index in [1.807, 2.05) is 19.0 Å². The van der Waals surface area contributed by atoms with Crippen molar-refractivity contribution in [2.45, 2.75) is 29.7 Å². The standard InChI is InChI=1S/C12H18BrClN2O2S2/c1-15(2)8-9-4-3-5-16(9)20(17,18)11-6-10(7-14)19-12(11)13/h6,9H,3-5,7-8H2,1-2H3. The van der Waals surface area contributed by atoms with Gasteiger partial charge < -0.3 is 4.90 Å². The number of likely N-dealkylation sites (N-methyl/N-ethyl adjacent to an activating group) is 1. The summed E-state index contributed by atoms with van der Waals surface area (Å²) in [5.74, 6) is 0.333. The lowest BCUT2D eigenvalue weighted by molar-refractivity contribution is 0.291. The second-order valence-corrected chi connectivity index (χ2v) is 9.74. The van der Waals surface area contributed by atoms with Gasteiger partial charge in [0, 0.05) is 24.0 Å². The number of halogens is 2. The Bertz CT molecular complexity index is 574. The lowest BCUT2D eigenvalue weighted by Crippen LogP contribution is -2.41. The number of hydrogen-bond acceptors (Lipinski definition) is 4. The average Bonchev–Trinajstić information content (AvgIpc) is 2.95. The molecule has 1 unspecified atom stereocenters. The third-order valence-electron chi connectivity index (χ3n) is 3.32. The van der Waals surface area contributed by atoms with Crippen molar-refractivity contribution in [3.63, 3.8) is 0 Å². The molecule has 1 fully saturated rings. The molecule has 0 amide bonds. The monoisotopic (exact) mass is 400 g/mol. The summed E-state index contributed by atoms with van der Waals surface area (Å²) >= 11 is 10.5. The van der Waals surface area contributed by atoms with Crippen molar-refractivity contribution in [2.75, 3.05) is 27.2 Å². The summed E-state index contributed by atoms with van der Waals surface area (Å²) in [6, 6.07) is 1.74. The van der Waals surface area contributed by atoms with Gasteiger partial charge in [0.25, 0.3) is 0 Å². The number of rotatable bonds is 5. The molecule has 20 heavy (non-hydrogen) atoms. The normalized spacial score (nSPS) is 20.9. The fourth-order valence-corrected chi connectivity index (χ4v) is 6.91. The molecule has 1 aromatic rings. The van der Waals surface area contributed by atoms with Crippen molar-refractivity contribution >= 4 is 48.9 Å². The zero-order valence-corrected chi connectivity index (χ0v) is 15.4. The highest BCUT2D eigenvalue weighted by Crippen LogP contribution is 2.36. The predicted octanol–water partition coefficient (Wildman–Crippen LogP) is 2.96. The summed E-state index contributed by atoms with van der Waals surface area (Å²) in [5, 5.41) is 0. The van der Waals surface area contributed by atoms with E-state index in [0.717, 1.165) is 24.3 Å². The highest BCUT2D eigenvalue weighted by molar-refractivity contribution is 9.11. The lowest BCUT2D eigenvalue weighted by atomic mass is 10.2. The second-order valence-electron chi connectivity index (χ2n) is 5.16. The molecule has 0 radical (unpaired) electrons. The molecule has 0 N–H and O–H groups in total. The first-order valence-corrected chi connectivity index (χ1v) is 9.95. The zero-order valence-electron chi connectivity index (χ0n) is 11.5. The van der Waals surface area contributed by atoms with E-state index >= 15 is 0 Å². The molecule has 2 heterocycles. The molecular formula is C12H18BrClN2O2S2. The molecule has 1 aromatic heterocycles. The van der Waals surface area contributed by atoms with Crippen molar-refractivity contribution in [2.24, 2.45) is 0 Å². The van der Waals surface area contributed by atoms with Gasteiger partial charge in [0.1, 0.15) is 4.90 Å². The quantitative estimate of drug-likeness (QED) is 0.712. The molecule has 114 valence electrons. The van der Waals surface area contributed by atoms with Crippen LogP contribution in [0.2, 0.25) is 0 Å². The largest absolute Gasteiger partial charge is 0.308 e. The van der Waals surface area contributed by atoms with E-state index in [1.165, 1.54) is 11.3 Å². The Morgan fingerprint density at radius 3 is 2.80 bits per heavy atom. The van der Waals surface area contributed by atoms with Gasteiger partial charge in [-0.25, -0.2) is 8.42 Å². The van der Waals surface area contributed by atoms with Crippen LogP contribution in [0.3, 0.4) is 0 Å². The highest BCUT2D eigenvalue weighted by atomic mass is 79.9. The van der Waals surface area contributed by atoms with E-state index in [9.17, 15) is 8.42 Å². The minimum Gasteiger partial charge on any atom is -0.308 e. The summed E-state index contributed by atoms with van der Waals surface area (Å²) in [5.41, 5.74) is 0. The van der Waals surface area contributed by atoms with Crippen molar-refractivity contribution in [1.29, 1.82) is 0 Å². The van der Waals surface area contributed by atoms with Crippen LogP contribution in [-0.2, 0) is 15.9 Å². The van der Waals surface area contributed by atoms with Crippen LogP contribution >= 0.6 is 38.9 Å². The second kappa shape index (κ2) is 6.62. The first-order chi connectivity index (χ1) is 9.36. The van der Waals surface area contributed by atoms with Crippen LogP contribution in [0.4, 0.5) is 0 Å². The van der Waals surface area contributed by atoms with E-state index < -0.39 is 10.0 Å². The molecule has 0 saturated carbocycles. The molecule has 0 aromatic carbocycles. The summed E-state index contributed by atoms with van der Waals surface area (Å²) in [7, 11) is 0.493. The maximum atomic E-state index is 12.8. The number of nitrogens with zero attached hydrogens (tertiary/aromatic N) is 2. The van der Waals surface area contributed by atoms with Gasteiger partial charge in [0.15, 0.2) is 0 Å². The number of thiophene rings is 1. The van der Waals surface area contributed by atoms with Gasteiger partial charge in [0.2, 0.25) is 10.0 Å². The fourth-order valence-electron chi connectivity index (χ4n) is 2.50. The van der Waals surface area contributed by atoms with E-state index in [1.54, 1.807) is 10.4 Å². The van der Waals surface area contributed by atoms with Gasteiger partial charge in [-0.3, -0.25) is 0 Å². The van der Waals surface area contributed by atoms with Crippen LogP contribution in [0.5, 0.6) is 0 Å². The fraction of sp³-hybridized carbons (Fsp3) is 0.667. The van der Waals surface area contributed by atoms with Crippen molar-refractivity contribution in [1.82, 2.24) is 9.21 Å². The van der Waals surface area contributed by atoms with Crippen molar-refractivity contribution in [3.8, 4) is 0 Å². The minimum absolute atomic E-state index is 0.0567. The van der Waals surface area contributed by atoms with E-state index in [-0.39, 0.29) is 6.04 Å². The molecule has 0 bridgehead atoms. The lowest BCUT2D eigenvalue weighted by Gasteiger charge is -2.26. The first-order valence-electron chi connectivity index (χ1n) is 6.37. The Kier molecular flexibility index (Phi) is 5.53. The van der Waals surface area contributed by atoms with Crippen LogP contribution in [-0.4, -0.2) is 50.8 Å². The van der Waals surface area contributed by atoms with Crippen LogP contribution in [0, 0.1) is 0 Å². The van der Waals surface area contributed by atoms with Gasteiger partial charge in [0.05, 0.1) is 9.67 Å². The summed E-state index contributed by atoms with van der Waals surface area (Å²) in [6.45, 7) is 1.35. The molecule has 1 saturated heterocycles. The van der Waals surface area contributed by atoms with E-state index in [4.69, 9.17) is 11.6 Å². The van der Waals surface area contributed by atoms with Gasteiger partial charge in [-0.1, -0.05) is 0 Å². The van der Waals surface area contributed by atoms with Crippen molar-refractivity contribution in [3.05, 3.63) is 14.7 Å². The van der Waals surface area contributed by atoms with Crippen molar-refractivity contribution < 1.29 is 8.42 Å². The molecule has 8 heteroatoms. The predicted molar refractivity (Wildman–Crippen MR) is 87.0 cm³/mol. The van der Waals surface area contributed by atoms with Crippen LogP contribution in [0.25, 0.3) is 0 Å². The number of alkyl halides is 1. The van der Waals surface area contributed by atoms with Crippen LogP contribution < -0.4 is 0 Å². The zero-order chi connectivity index (χ0) is 14.9. The summed E-state index contributed by atoms with van der Waals surface area (Å²) < 4.78 is 27.9. The Morgan fingerprint density at radius 2 is 2.25 bits per heavy atom. The van der Waals surface area contributed by atoms with Gasteiger partial charge in [-0.2, -0.15) is 4.31 Å². The summed E-state index contributed by atoms with van der Waals surface area (Å²) in [4.78, 5) is 3.25. The molecule has 1 atom stereocenters. The molecule has 0 aliphatic carbocycles. The number of sulfonamides is 1. The average molecular weight is 402 g/mol. The van der Waals surface area contributed by atoms with Crippen LogP contribution in [0.15, 0.2) is 14.7 Å². The van der Waals surface area contributed by atoms with Gasteiger partial charge in [-0.15, -0.1) is 22.9 Å². The van der Waals surface area contributed by atoms with Gasteiger partial charge >= 0.3 is 0 Å². The minimum atomic E-state index is -3.44. The summed E-state index contributed by atoms with van der Waals surface area (Å²) in [6.07, 6.45) is 1.84. The number of hydrogen-bond donors (Lipinski definition) is 0. The molecule has 4 nitrogen and oxygen atoms in total. The van der Waals surface area contributed by atoms with E-state index in [0.29, 0.717) is 21.1 Å². The van der Waals surface area contributed by atoms with Crippen LogP contribution in [0.1, 0.15) is 17.7 Å². The maximum Gasteiger partial charge on any atom is 0.245 e. The Hall–Kier alpha value is 0.340. The maximum absolute atomic E-state index is 12.8. The third kappa shape index (κ3) is 3.39. The molecule has 1 aliphatic heterocycles.